The molecule has 2 aromatic carbocycles. The molecule has 2 atom stereocenters. The van der Waals surface area contributed by atoms with E-state index in [0.717, 1.165) is 34.0 Å². The van der Waals surface area contributed by atoms with Gasteiger partial charge < -0.3 is 14.6 Å². The van der Waals surface area contributed by atoms with Crippen molar-refractivity contribution in [2.45, 2.75) is 25.6 Å². The first-order chi connectivity index (χ1) is 14.2. The average Bonchev–Trinajstić information content (AvgIpc) is 3.20. The number of rotatable bonds is 4. The Morgan fingerprint density at radius 1 is 1.14 bits per heavy atom. The molecule has 0 bridgehead atoms. The van der Waals surface area contributed by atoms with Gasteiger partial charge in [-0.1, -0.05) is 30.3 Å². The third-order valence-corrected chi connectivity index (χ3v) is 5.20. The zero-order valence-corrected chi connectivity index (χ0v) is 16.0. The highest BCUT2D eigenvalue weighted by atomic mass is 16.5. The van der Waals surface area contributed by atoms with Gasteiger partial charge in [0.1, 0.15) is 11.4 Å². The van der Waals surface area contributed by atoms with E-state index in [1.807, 2.05) is 54.4 Å². The highest BCUT2D eigenvalue weighted by Crippen LogP contribution is 2.50. The van der Waals surface area contributed by atoms with Crippen LogP contribution < -0.4 is 9.47 Å². The van der Waals surface area contributed by atoms with Gasteiger partial charge in [0.15, 0.2) is 11.5 Å². The average molecular weight is 387 g/mol. The van der Waals surface area contributed by atoms with E-state index in [1.165, 1.54) is 0 Å². The number of hydrazone groups is 1. The number of ether oxygens (including phenoxy) is 2. The molecule has 29 heavy (non-hydrogen) atoms. The quantitative estimate of drug-likeness (QED) is 0.717. The highest BCUT2D eigenvalue weighted by Gasteiger charge is 2.42. The van der Waals surface area contributed by atoms with Gasteiger partial charge in [0.05, 0.1) is 18.4 Å². The molecule has 2 aliphatic rings. The third kappa shape index (κ3) is 3.06. The van der Waals surface area contributed by atoms with Crippen molar-refractivity contribution in [1.29, 1.82) is 0 Å². The van der Waals surface area contributed by atoms with E-state index in [2.05, 4.69) is 11.1 Å². The normalized spacial score (nSPS) is 19.8. The summed E-state index contributed by atoms with van der Waals surface area (Å²) in [5, 5.41) is 16.8. The van der Waals surface area contributed by atoms with Crippen LogP contribution in [0.25, 0.3) is 0 Å². The van der Waals surface area contributed by atoms with Gasteiger partial charge in [-0.15, -0.1) is 0 Å². The van der Waals surface area contributed by atoms with Crippen LogP contribution in [-0.4, -0.2) is 27.4 Å². The van der Waals surface area contributed by atoms with Crippen molar-refractivity contribution in [2.75, 3.05) is 6.61 Å². The number of aromatic nitrogens is 1. The molecule has 6 heteroatoms. The van der Waals surface area contributed by atoms with Crippen LogP contribution in [0.5, 0.6) is 17.2 Å². The SMILES string of the molecule is CCOc1cccc2c1O[C@@H](c1ccccn1)N1N=C(c3cccc(O)c3)C[C@H]21. The summed E-state index contributed by atoms with van der Waals surface area (Å²) < 4.78 is 12.2. The summed E-state index contributed by atoms with van der Waals surface area (Å²) in [4.78, 5) is 4.51. The van der Waals surface area contributed by atoms with E-state index in [0.29, 0.717) is 13.0 Å². The summed E-state index contributed by atoms with van der Waals surface area (Å²) in [7, 11) is 0. The molecule has 0 unspecified atom stereocenters. The Bertz CT molecular complexity index is 1070. The predicted octanol–water partition coefficient (Wildman–Crippen LogP) is 4.43. The molecule has 0 fully saturated rings. The van der Waals surface area contributed by atoms with Gasteiger partial charge in [0.25, 0.3) is 0 Å². The number of nitrogens with zero attached hydrogens (tertiary/aromatic N) is 3. The minimum atomic E-state index is -0.454. The maximum absolute atomic E-state index is 9.90. The van der Waals surface area contributed by atoms with Gasteiger partial charge in [0.2, 0.25) is 6.23 Å². The van der Waals surface area contributed by atoms with E-state index in [4.69, 9.17) is 14.6 Å². The number of phenolic OH excluding ortho intramolecular Hbond substituents is 1. The molecule has 0 radical (unpaired) electrons. The van der Waals surface area contributed by atoms with E-state index >= 15 is 0 Å². The number of benzene rings is 2. The molecule has 6 nitrogen and oxygen atoms in total. The van der Waals surface area contributed by atoms with E-state index in [9.17, 15) is 5.11 Å². The van der Waals surface area contributed by atoms with Crippen molar-refractivity contribution < 1.29 is 14.6 Å². The lowest BCUT2D eigenvalue weighted by Gasteiger charge is -2.38. The lowest BCUT2D eigenvalue weighted by molar-refractivity contribution is -0.0240. The van der Waals surface area contributed by atoms with Crippen molar-refractivity contribution in [3.63, 3.8) is 0 Å². The fraction of sp³-hybridized carbons (Fsp3) is 0.217. The van der Waals surface area contributed by atoms with E-state index in [-0.39, 0.29) is 11.8 Å². The first kappa shape index (κ1) is 17.6. The Hall–Kier alpha value is -3.54. The van der Waals surface area contributed by atoms with E-state index in [1.54, 1.807) is 18.3 Å². The summed E-state index contributed by atoms with van der Waals surface area (Å²) in [5.41, 5.74) is 3.64. The van der Waals surface area contributed by atoms with Crippen molar-refractivity contribution in [1.82, 2.24) is 9.99 Å². The Labute approximate surface area is 169 Å². The molecule has 146 valence electrons. The van der Waals surface area contributed by atoms with Crippen LogP contribution in [0.15, 0.2) is 72.0 Å². The highest BCUT2D eigenvalue weighted by molar-refractivity contribution is 6.02. The molecular weight excluding hydrogens is 366 g/mol. The molecule has 1 aromatic heterocycles. The molecule has 1 N–H and O–H groups in total. The Morgan fingerprint density at radius 2 is 2.03 bits per heavy atom. The van der Waals surface area contributed by atoms with Gasteiger partial charge >= 0.3 is 0 Å². The molecule has 0 amide bonds. The number of aromatic hydroxyl groups is 1. The second kappa shape index (κ2) is 7.13. The van der Waals surface area contributed by atoms with Crippen LogP contribution in [-0.2, 0) is 0 Å². The molecule has 5 rings (SSSR count). The van der Waals surface area contributed by atoms with Crippen LogP contribution in [0.2, 0.25) is 0 Å². The first-order valence-corrected chi connectivity index (χ1v) is 9.73. The lowest BCUT2D eigenvalue weighted by Crippen LogP contribution is -2.34. The monoisotopic (exact) mass is 387 g/mol. The second-order valence-corrected chi connectivity index (χ2v) is 7.03. The minimum absolute atomic E-state index is 0.00325. The van der Waals surface area contributed by atoms with Crippen LogP contribution >= 0.6 is 0 Å². The number of para-hydroxylation sites is 1. The number of pyridine rings is 1. The van der Waals surface area contributed by atoms with E-state index < -0.39 is 6.23 Å². The third-order valence-electron chi connectivity index (χ3n) is 5.20. The Kier molecular flexibility index (Phi) is 4.31. The largest absolute Gasteiger partial charge is 0.508 e. The Morgan fingerprint density at radius 3 is 2.83 bits per heavy atom. The minimum Gasteiger partial charge on any atom is -0.508 e. The molecule has 0 saturated carbocycles. The van der Waals surface area contributed by atoms with Gasteiger partial charge in [-0.2, -0.15) is 5.10 Å². The molecule has 0 aliphatic carbocycles. The second-order valence-electron chi connectivity index (χ2n) is 7.03. The van der Waals surface area contributed by atoms with Gasteiger partial charge in [-0.05, 0) is 37.3 Å². The number of hydrogen-bond donors (Lipinski definition) is 1. The zero-order valence-electron chi connectivity index (χ0n) is 16.0. The summed E-state index contributed by atoms with van der Waals surface area (Å²) in [6.07, 6.45) is 2.01. The van der Waals surface area contributed by atoms with Gasteiger partial charge in [-0.25, -0.2) is 5.01 Å². The predicted molar refractivity (Wildman–Crippen MR) is 109 cm³/mol. The molecule has 2 aliphatic heterocycles. The standard InChI is InChI=1S/C23H21N3O3/c1-2-28-21-11-6-9-17-20-14-19(15-7-5-8-16(27)13-15)25-26(20)23(29-22(17)21)18-10-3-4-12-24-18/h3-13,20,23,27H,2,14H2,1H3/t20-,23+/m1/s1. The maximum Gasteiger partial charge on any atom is 0.230 e. The molecular formula is C23H21N3O3. The zero-order chi connectivity index (χ0) is 19.8. The van der Waals surface area contributed by atoms with Crippen molar-refractivity contribution in [2.24, 2.45) is 5.10 Å². The number of fused-ring (bicyclic) bond motifs is 3. The molecule has 3 aromatic rings. The lowest BCUT2D eigenvalue weighted by atomic mass is 9.96. The van der Waals surface area contributed by atoms with Crippen LogP contribution in [0.3, 0.4) is 0 Å². The number of phenols is 1. The van der Waals surface area contributed by atoms with Crippen LogP contribution in [0.1, 0.15) is 42.4 Å². The summed E-state index contributed by atoms with van der Waals surface area (Å²) >= 11 is 0. The topological polar surface area (TPSA) is 67.2 Å². The first-order valence-electron chi connectivity index (χ1n) is 9.73. The summed E-state index contributed by atoms with van der Waals surface area (Å²) in [6.45, 7) is 2.52. The van der Waals surface area contributed by atoms with Crippen molar-refractivity contribution in [3.05, 3.63) is 83.7 Å². The van der Waals surface area contributed by atoms with Crippen LogP contribution in [0.4, 0.5) is 0 Å². The van der Waals surface area contributed by atoms with Gasteiger partial charge in [-0.3, -0.25) is 4.98 Å². The van der Waals surface area contributed by atoms with Crippen LogP contribution in [0, 0.1) is 0 Å². The smallest absolute Gasteiger partial charge is 0.230 e. The fourth-order valence-electron chi connectivity index (χ4n) is 3.93. The molecule has 0 saturated heterocycles. The van der Waals surface area contributed by atoms with Crippen molar-refractivity contribution in [3.8, 4) is 17.2 Å². The Balaban J connectivity index is 1.61. The van der Waals surface area contributed by atoms with Crippen molar-refractivity contribution >= 4 is 5.71 Å². The van der Waals surface area contributed by atoms with Gasteiger partial charge in [0, 0.05) is 23.7 Å². The molecule has 0 spiro atoms. The summed E-state index contributed by atoms with van der Waals surface area (Å²) in [6, 6.07) is 18.9. The number of hydrogen-bond acceptors (Lipinski definition) is 6. The fourth-order valence-corrected chi connectivity index (χ4v) is 3.93. The summed E-state index contributed by atoms with van der Waals surface area (Å²) in [5.74, 6) is 1.71. The molecule has 3 heterocycles. The maximum atomic E-state index is 9.90.